The second-order valence-electron chi connectivity index (χ2n) is 7.67. The molecule has 5 unspecified atom stereocenters. The zero-order valence-electron chi connectivity index (χ0n) is 10.7. The molecule has 3 rings (SSSR count). The summed E-state index contributed by atoms with van der Waals surface area (Å²) in [5.74, 6) is 2.98. The third kappa shape index (κ3) is 0.463. The molecule has 80 valence electrons. The molecule has 3 fully saturated rings. The predicted molar refractivity (Wildman–Crippen MR) is 59.9 cm³/mol. The van der Waals surface area contributed by atoms with Crippen LogP contribution in [0.25, 0.3) is 0 Å². The van der Waals surface area contributed by atoms with Crippen LogP contribution in [-0.2, 0) is 0 Å². The van der Waals surface area contributed by atoms with Gasteiger partial charge >= 0.3 is 0 Å². The fourth-order valence-corrected chi connectivity index (χ4v) is 6.09. The normalized spacial score (nSPS) is 65.8. The summed E-state index contributed by atoms with van der Waals surface area (Å²) in [4.78, 5) is 0. The van der Waals surface area contributed by atoms with Gasteiger partial charge in [0.2, 0.25) is 0 Å². The summed E-state index contributed by atoms with van der Waals surface area (Å²) in [5.41, 5.74) is 2.41. The number of hydrogen-bond donors (Lipinski definition) is 0. The van der Waals surface area contributed by atoms with E-state index < -0.39 is 0 Å². The molecule has 0 radical (unpaired) electrons. The van der Waals surface area contributed by atoms with Gasteiger partial charge in [0, 0.05) is 0 Å². The van der Waals surface area contributed by atoms with Crippen LogP contribution in [0.1, 0.15) is 48.5 Å². The Morgan fingerprint density at radius 3 is 1.64 bits per heavy atom. The highest BCUT2D eigenvalue weighted by Gasteiger charge is 2.93. The van der Waals surface area contributed by atoms with Crippen LogP contribution in [0.15, 0.2) is 0 Å². The fraction of sp³-hybridized carbons (Fsp3) is 1.00. The van der Waals surface area contributed by atoms with Crippen molar-refractivity contribution >= 4 is 0 Å². The molecule has 0 bridgehead atoms. The molecule has 0 nitrogen and oxygen atoms in total. The van der Waals surface area contributed by atoms with Crippen molar-refractivity contribution in [2.45, 2.75) is 48.5 Å². The van der Waals surface area contributed by atoms with E-state index in [9.17, 15) is 0 Å². The van der Waals surface area contributed by atoms with Crippen molar-refractivity contribution in [3.8, 4) is 0 Å². The Kier molecular flexibility index (Phi) is 1.13. The second-order valence-corrected chi connectivity index (χ2v) is 7.67. The molecule has 0 heteroatoms. The summed E-state index contributed by atoms with van der Waals surface area (Å²) in [5, 5.41) is 0. The van der Waals surface area contributed by atoms with Crippen molar-refractivity contribution < 1.29 is 0 Å². The van der Waals surface area contributed by atoms with Gasteiger partial charge in [-0.2, -0.15) is 0 Å². The van der Waals surface area contributed by atoms with Crippen LogP contribution in [0.2, 0.25) is 0 Å². The van der Waals surface area contributed by atoms with E-state index in [1.54, 1.807) is 0 Å². The van der Waals surface area contributed by atoms with E-state index in [1.807, 2.05) is 0 Å². The lowest BCUT2D eigenvalue weighted by Crippen LogP contribution is -2.59. The minimum absolute atomic E-state index is 0.520. The van der Waals surface area contributed by atoms with E-state index in [0.717, 1.165) is 17.8 Å². The minimum atomic E-state index is 0.520. The van der Waals surface area contributed by atoms with E-state index in [0.29, 0.717) is 21.7 Å². The molecular formula is C14H24. The van der Waals surface area contributed by atoms with Gasteiger partial charge < -0.3 is 0 Å². The van der Waals surface area contributed by atoms with E-state index >= 15 is 0 Å². The van der Waals surface area contributed by atoms with Crippen molar-refractivity contribution in [3.05, 3.63) is 0 Å². The first-order valence-corrected chi connectivity index (χ1v) is 6.14. The fourth-order valence-electron chi connectivity index (χ4n) is 6.09. The third-order valence-electron chi connectivity index (χ3n) is 7.78. The molecule has 3 aliphatic rings. The molecular weight excluding hydrogens is 168 g/mol. The number of fused-ring (bicyclic) bond motifs is 1. The molecule has 0 aromatic rings. The van der Waals surface area contributed by atoms with Crippen LogP contribution in [0, 0.1) is 39.4 Å². The molecule has 0 aromatic heterocycles. The van der Waals surface area contributed by atoms with Gasteiger partial charge in [-0.3, -0.25) is 0 Å². The third-order valence-corrected chi connectivity index (χ3v) is 7.78. The zero-order chi connectivity index (χ0) is 10.7. The van der Waals surface area contributed by atoms with Crippen molar-refractivity contribution in [1.82, 2.24) is 0 Å². The van der Waals surface area contributed by atoms with E-state index in [1.165, 1.54) is 0 Å². The SMILES string of the molecule is CC1C2(C)C3C2C1(C)C(C)(C)C3(C)C. The smallest absolute Gasteiger partial charge is 0.0202 e. The molecule has 3 aliphatic carbocycles. The zero-order valence-corrected chi connectivity index (χ0v) is 10.7. The molecule has 0 N–H and O–H groups in total. The minimum Gasteiger partial charge on any atom is -0.0614 e. The van der Waals surface area contributed by atoms with Crippen molar-refractivity contribution in [3.63, 3.8) is 0 Å². The van der Waals surface area contributed by atoms with E-state index in [2.05, 4.69) is 48.5 Å². The van der Waals surface area contributed by atoms with Gasteiger partial charge in [0.25, 0.3) is 0 Å². The maximum absolute atomic E-state index is 2.55. The summed E-state index contributed by atoms with van der Waals surface area (Å²) >= 11 is 0. The highest BCUT2D eigenvalue weighted by molar-refractivity contribution is 5.40. The highest BCUT2D eigenvalue weighted by atomic mass is 15.0. The molecule has 0 heterocycles. The molecule has 0 spiro atoms. The standard InChI is InChI=1S/C14H24/c1-8-13(6)9-10(13)14(8,7)12(4,5)11(9,2)3/h8-10H,1-7H3. The Balaban J connectivity index is 2.17. The molecule has 0 aromatic carbocycles. The Morgan fingerprint density at radius 2 is 1.29 bits per heavy atom. The summed E-state index contributed by atoms with van der Waals surface area (Å²) < 4.78 is 0. The lowest BCUT2D eigenvalue weighted by Gasteiger charge is -2.64. The first-order valence-electron chi connectivity index (χ1n) is 6.14. The maximum atomic E-state index is 2.55. The number of hydrogen-bond acceptors (Lipinski definition) is 0. The molecule has 3 saturated carbocycles. The van der Waals surface area contributed by atoms with Crippen LogP contribution < -0.4 is 0 Å². The summed E-state index contributed by atoms with van der Waals surface area (Å²) in [6, 6.07) is 0. The van der Waals surface area contributed by atoms with Gasteiger partial charge in [-0.25, -0.2) is 0 Å². The Morgan fingerprint density at radius 1 is 0.786 bits per heavy atom. The van der Waals surface area contributed by atoms with Crippen LogP contribution in [-0.4, -0.2) is 0 Å². The van der Waals surface area contributed by atoms with Crippen LogP contribution >= 0.6 is 0 Å². The lowest BCUT2D eigenvalue weighted by molar-refractivity contribution is -0.166. The molecule has 0 aliphatic heterocycles. The van der Waals surface area contributed by atoms with Gasteiger partial charge in [0.1, 0.15) is 0 Å². The topological polar surface area (TPSA) is 0 Å². The summed E-state index contributed by atoms with van der Waals surface area (Å²) in [6.07, 6.45) is 0. The first kappa shape index (κ1) is 9.24. The van der Waals surface area contributed by atoms with Gasteiger partial charge in [-0.15, -0.1) is 0 Å². The first-order chi connectivity index (χ1) is 6.14. The highest BCUT2D eigenvalue weighted by Crippen LogP contribution is 2.97. The Bertz CT molecular complexity index is 325. The van der Waals surface area contributed by atoms with Crippen LogP contribution in [0.4, 0.5) is 0 Å². The van der Waals surface area contributed by atoms with Gasteiger partial charge in [0.05, 0.1) is 0 Å². The van der Waals surface area contributed by atoms with Gasteiger partial charge in [-0.1, -0.05) is 48.5 Å². The molecule has 14 heavy (non-hydrogen) atoms. The molecule has 0 amide bonds. The summed E-state index contributed by atoms with van der Waals surface area (Å²) in [6.45, 7) is 17.6. The maximum Gasteiger partial charge on any atom is -0.0202 e. The Hall–Kier alpha value is 0. The average molecular weight is 192 g/mol. The second kappa shape index (κ2) is 1.72. The lowest BCUT2D eigenvalue weighted by atomic mass is 9.40. The van der Waals surface area contributed by atoms with E-state index in [4.69, 9.17) is 0 Å². The molecule has 5 atom stereocenters. The predicted octanol–water partition coefficient (Wildman–Crippen LogP) is 3.96. The van der Waals surface area contributed by atoms with Crippen molar-refractivity contribution in [1.29, 1.82) is 0 Å². The van der Waals surface area contributed by atoms with Gasteiger partial charge in [0.15, 0.2) is 0 Å². The monoisotopic (exact) mass is 192 g/mol. The quantitative estimate of drug-likeness (QED) is 0.545. The van der Waals surface area contributed by atoms with Crippen molar-refractivity contribution in [2.24, 2.45) is 39.4 Å². The molecule has 0 saturated heterocycles. The number of rotatable bonds is 0. The average Bonchev–Trinajstić information content (AvgIpc) is 2.64. The largest absolute Gasteiger partial charge is 0.0614 e. The Labute approximate surface area is 88.5 Å². The van der Waals surface area contributed by atoms with Crippen molar-refractivity contribution in [2.75, 3.05) is 0 Å². The van der Waals surface area contributed by atoms with Gasteiger partial charge in [-0.05, 0) is 39.4 Å². The van der Waals surface area contributed by atoms with Crippen LogP contribution in [0.5, 0.6) is 0 Å². The summed E-state index contributed by atoms with van der Waals surface area (Å²) in [7, 11) is 0. The van der Waals surface area contributed by atoms with E-state index in [-0.39, 0.29) is 0 Å². The van der Waals surface area contributed by atoms with Crippen LogP contribution in [0.3, 0.4) is 0 Å².